The Morgan fingerprint density at radius 2 is 2.12 bits per heavy atom. The Kier molecular flexibility index (Phi) is 4.79. The number of hydrogen-bond acceptors (Lipinski definition) is 9. The van der Waals surface area contributed by atoms with Crippen LogP contribution in [0.1, 0.15) is 16.8 Å². The summed E-state index contributed by atoms with van der Waals surface area (Å²) in [5.74, 6) is 1.30. The quantitative estimate of drug-likeness (QED) is 0.633. The summed E-state index contributed by atoms with van der Waals surface area (Å²) >= 11 is 0. The number of hydrazone groups is 1. The molecule has 2 unspecified atom stereocenters. The van der Waals surface area contributed by atoms with Crippen LogP contribution >= 0.6 is 0 Å². The molecule has 3 N–H and O–H groups in total. The van der Waals surface area contributed by atoms with Crippen molar-refractivity contribution in [2.24, 2.45) is 26.7 Å². The largest absolute Gasteiger partial charge is 0.386 e. The monoisotopic (exact) mass is 443 g/mol. The number of aryl methyl sites for hydroxylation is 1. The second-order valence-corrected chi connectivity index (χ2v) is 8.49. The van der Waals surface area contributed by atoms with E-state index in [4.69, 9.17) is 20.6 Å². The van der Waals surface area contributed by atoms with E-state index in [-0.39, 0.29) is 12.1 Å². The van der Waals surface area contributed by atoms with Gasteiger partial charge < -0.3 is 15.4 Å². The van der Waals surface area contributed by atoms with Crippen molar-refractivity contribution < 1.29 is 4.74 Å². The van der Waals surface area contributed by atoms with Gasteiger partial charge in [0, 0.05) is 30.2 Å². The highest BCUT2D eigenvalue weighted by molar-refractivity contribution is 6.17. The van der Waals surface area contributed by atoms with Crippen molar-refractivity contribution in [1.82, 2.24) is 20.2 Å². The van der Waals surface area contributed by atoms with Crippen molar-refractivity contribution in [2.45, 2.75) is 19.6 Å². The van der Waals surface area contributed by atoms with Gasteiger partial charge in [-0.3, -0.25) is 10.1 Å². The predicted octanol–water partition coefficient (Wildman–Crippen LogP) is 1.66. The summed E-state index contributed by atoms with van der Waals surface area (Å²) in [6, 6.07) is 8.53. The van der Waals surface area contributed by atoms with E-state index < -0.39 is 0 Å². The Balaban J connectivity index is 1.40. The molecule has 6 rings (SSSR count). The number of nitrogens with two attached hydrogens (primary N) is 1. The molecule has 1 fully saturated rings. The number of anilines is 1. The predicted molar refractivity (Wildman–Crippen MR) is 128 cm³/mol. The number of pyridine rings is 1. The molecule has 0 bridgehead atoms. The van der Waals surface area contributed by atoms with Gasteiger partial charge in [0.05, 0.1) is 37.4 Å². The number of amidine groups is 1. The number of hydrogen-bond donors (Lipinski definition) is 2. The van der Waals surface area contributed by atoms with E-state index in [1.54, 1.807) is 6.20 Å². The summed E-state index contributed by atoms with van der Waals surface area (Å²) in [4.78, 5) is 16.3. The number of aromatic amines is 1. The number of rotatable bonds is 4. The smallest absolute Gasteiger partial charge is 0.154 e. The van der Waals surface area contributed by atoms with Crippen LogP contribution in [0.3, 0.4) is 0 Å². The lowest BCUT2D eigenvalue weighted by Gasteiger charge is -2.30. The average molecular weight is 444 g/mol. The zero-order valence-corrected chi connectivity index (χ0v) is 18.3. The van der Waals surface area contributed by atoms with Crippen molar-refractivity contribution in [3.05, 3.63) is 53.5 Å². The van der Waals surface area contributed by atoms with E-state index >= 15 is 0 Å². The molecule has 168 valence electrons. The van der Waals surface area contributed by atoms with Crippen LogP contribution in [0.4, 0.5) is 5.82 Å². The SMILES string of the molecule is Cc1cccc2cc(CN3N=C(c4cn[nH]c4)C4C(N)=NC=NC43)nc(N3CCOCC3)c12. The Morgan fingerprint density at radius 1 is 1.24 bits per heavy atom. The van der Waals surface area contributed by atoms with E-state index in [9.17, 15) is 0 Å². The molecule has 10 heteroatoms. The van der Waals surface area contributed by atoms with Crippen LogP contribution in [0, 0.1) is 12.8 Å². The van der Waals surface area contributed by atoms with Crippen LogP contribution in [0.2, 0.25) is 0 Å². The highest BCUT2D eigenvalue weighted by atomic mass is 16.5. The lowest BCUT2D eigenvalue weighted by atomic mass is 9.95. The second kappa shape index (κ2) is 7.96. The molecule has 1 saturated heterocycles. The van der Waals surface area contributed by atoms with Gasteiger partial charge in [0.25, 0.3) is 0 Å². The lowest BCUT2D eigenvalue weighted by molar-refractivity contribution is 0.122. The number of nitrogens with zero attached hydrogens (tertiary/aromatic N) is 7. The lowest BCUT2D eigenvalue weighted by Crippen LogP contribution is -2.42. The fourth-order valence-corrected chi connectivity index (χ4v) is 4.81. The highest BCUT2D eigenvalue weighted by Crippen LogP contribution is 2.33. The molecule has 1 aromatic carbocycles. The fourth-order valence-electron chi connectivity index (χ4n) is 4.81. The van der Waals surface area contributed by atoms with Crippen molar-refractivity contribution in [3.8, 4) is 0 Å². The summed E-state index contributed by atoms with van der Waals surface area (Å²) in [5.41, 5.74) is 10.1. The molecule has 2 aromatic heterocycles. The number of ether oxygens (including phenoxy) is 1. The third-order valence-corrected chi connectivity index (χ3v) is 6.41. The molecule has 3 aliphatic rings. The van der Waals surface area contributed by atoms with E-state index in [1.165, 1.54) is 22.7 Å². The number of morpholine rings is 1. The summed E-state index contributed by atoms with van der Waals surface area (Å²) in [6.07, 6.45) is 4.83. The van der Waals surface area contributed by atoms with E-state index in [0.29, 0.717) is 25.6 Å². The Hall–Kier alpha value is -3.79. The van der Waals surface area contributed by atoms with Gasteiger partial charge in [0.2, 0.25) is 0 Å². The molecule has 0 amide bonds. The fraction of sp³-hybridized carbons (Fsp3) is 0.348. The molecule has 10 nitrogen and oxygen atoms in total. The van der Waals surface area contributed by atoms with Crippen molar-refractivity contribution in [3.63, 3.8) is 0 Å². The van der Waals surface area contributed by atoms with E-state index in [1.807, 2.05) is 11.2 Å². The minimum Gasteiger partial charge on any atom is -0.386 e. The average Bonchev–Trinajstić information content (AvgIpc) is 3.48. The van der Waals surface area contributed by atoms with E-state index in [0.717, 1.165) is 35.9 Å². The van der Waals surface area contributed by atoms with Crippen molar-refractivity contribution >= 4 is 34.5 Å². The minimum absolute atomic E-state index is 0.214. The molecule has 0 spiro atoms. The van der Waals surface area contributed by atoms with Gasteiger partial charge in [0.15, 0.2) is 6.17 Å². The third-order valence-electron chi connectivity index (χ3n) is 6.41. The van der Waals surface area contributed by atoms with Gasteiger partial charge in [0.1, 0.15) is 23.9 Å². The van der Waals surface area contributed by atoms with Gasteiger partial charge in [-0.2, -0.15) is 10.2 Å². The molecular weight excluding hydrogens is 418 g/mol. The standard InChI is InChI=1S/C23H25N9O/c1-14-3-2-4-15-9-17(29-23(18(14)15)31-5-7-33-8-6-31)12-32-22-19(21(24)25-13-26-22)20(30-32)16-10-27-28-11-16/h2-4,9-11,13,19,22H,5-8,12H2,1H3,(H,27,28)(H2,24,25,26). The second-order valence-electron chi connectivity index (χ2n) is 8.49. The van der Waals surface area contributed by atoms with Crippen LogP contribution < -0.4 is 10.6 Å². The third kappa shape index (κ3) is 3.43. The molecule has 2 atom stereocenters. The molecule has 33 heavy (non-hydrogen) atoms. The van der Waals surface area contributed by atoms with Crippen LogP contribution in [0.5, 0.6) is 0 Å². The Labute approximate surface area is 190 Å². The van der Waals surface area contributed by atoms with E-state index in [2.05, 4.69) is 56.3 Å². The highest BCUT2D eigenvalue weighted by Gasteiger charge is 2.42. The van der Waals surface area contributed by atoms with Crippen LogP contribution in [0.25, 0.3) is 10.8 Å². The summed E-state index contributed by atoms with van der Waals surface area (Å²) in [5, 5.41) is 16.1. The summed E-state index contributed by atoms with van der Waals surface area (Å²) < 4.78 is 5.58. The topological polar surface area (TPSA) is 120 Å². The zero-order valence-electron chi connectivity index (χ0n) is 18.3. The first-order valence-electron chi connectivity index (χ1n) is 11.1. The van der Waals surface area contributed by atoms with Crippen LogP contribution in [0.15, 0.2) is 51.7 Å². The van der Waals surface area contributed by atoms with Gasteiger partial charge in [-0.25, -0.2) is 15.0 Å². The van der Waals surface area contributed by atoms with Crippen molar-refractivity contribution in [1.29, 1.82) is 0 Å². The maximum absolute atomic E-state index is 6.27. The first kappa shape index (κ1) is 19.9. The normalized spacial score (nSPS) is 22.5. The summed E-state index contributed by atoms with van der Waals surface area (Å²) in [7, 11) is 0. The Bertz CT molecular complexity index is 1270. The first-order chi connectivity index (χ1) is 16.2. The number of H-pyrrole nitrogens is 1. The van der Waals surface area contributed by atoms with Gasteiger partial charge in [-0.15, -0.1) is 0 Å². The Morgan fingerprint density at radius 3 is 2.94 bits per heavy atom. The molecule has 0 aliphatic carbocycles. The van der Waals surface area contributed by atoms with Gasteiger partial charge in [-0.05, 0) is 23.9 Å². The number of fused-ring (bicyclic) bond motifs is 2. The van der Waals surface area contributed by atoms with Gasteiger partial charge in [-0.1, -0.05) is 18.2 Å². The number of aromatic nitrogens is 3. The molecule has 3 aromatic rings. The first-order valence-corrected chi connectivity index (χ1v) is 11.1. The molecule has 5 heterocycles. The summed E-state index contributed by atoms with van der Waals surface area (Å²) in [6.45, 7) is 5.72. The maximum Gasteiger partial charge on any atom is 0.154 e. The zero-order chi connectivity index (χ0) is 22.4. The number of aliphatic imine (C=N–C) groups is 2. The maximum atomic E-state index is 6.27. The van der Waals surface area contributed by atoms with Crippen LogP contribution in [-0.2, 0) is 11.3 Å². The van der Waals surface area contributed by atoms with Crippen LogP contribution in [-0.4, -0.2) is 70.5 Å². The van der Waals surface area contributed by atoms with Gasteiger partial charge >= 0.3 is 0 Å². The molecule has 3 aliphatic heterocycles. The molecule has 0 saturated carbocycles. The molecular formula is C23H25N9O. The minimum atomic E-state index is -0.255. The van der Waals surface area contributed by atoms with Crippen molar-refractivity contribution in [2.75, 3.05) is 31.2 Å². The number of benzene rings is 1. The molecule has 0 radical (unpaired) electrons. The number of nitrogens with one attached hydrogen (secondary N) is 1.